The van der Waals surface area contributed by atoms with Crippen molar-refractivity contribution in [1.82, 2.24) is 10.6 Å². The van der Waals surface area contributed by atoms with Gasteiger partial charge in [0.25, 0.3) is 20.2 Å². The molecule has 8 rings (SSSR count). The molecule has 0 aromatic heterocycles. The Hall–Kier alpha value is -2.38. The smallest absolute Gasteiger partial charge is 0.306 e. The van der Waals surface area contributed by atoms with Crippen LogP contribution >= 0.6 is 0 Å². The molecule has 0 heterocycles. The van der Waals surface area contributed by atoms with Crippen LogP contribution in [0, 0.1) is 92.7 Å². The lowest BCUT2D eigenvalue weighted by Gasteiger charge is -2.62. The first kappa shape index (κ1) is 57.8. The summed E-state index contributed by atoms with van der Waals surface area (Å²) in [6.07, 6.45) is 15.2. The third kappa shape index (κ3) is 12.1. The quantitative estimate of drug-likeness (QED) is 0.0536. The van der Waals surface area contributed by atoms with Gasteiger partial charge in [-0.05, 0) is 208 Å². The summed E-state index contributed by atoms with van der Waals surface area (Å²) in [5, 5.41) is 29.2. The minimum absolute atomic E-state index is 0.0341. The molecule has 8 fully saturated rings. The lowest BCUT2D eigenvalue weighted by Crippen LogP contribution is -2.58. The molecule has 74 heavy (non-hydrogen) atoms. The second-order valence-electron chi connectivity index (χ2n) is 26.6. The minimum Gasteiger partial charge on any atom is -0.462 e. The van der Waals surface area contributed by atoms with Crippen molar-refractivity contribution in [1.29, 1.82) is 0 Å². The molecule has 0 aliphatic heterocycles. The molecule has 18 heteroatoms. The van der Waals surface area contributed by atoms with E-state index < -0.39 is 43.9 Å². The van der Waals surface area contributed by atoms with E-state index in [-0.39, 0.29) is 107 Å². The van der Waals surface area contributed by atoms with Crippen molar-refractivity contribution < 1.29 is 64.8 Å². The normalized spacial score (nSPS) is 42.4. The Balaban J connectivity index is 0.763. The molecule has 422 valence electrons. The molecule has 0 aromatic carbocycles. The molecular weight excluding hydrogens is 989 g/mol. The van der Waals surface area contributed by atoms with Crippen molar-refractivity contribution in [3.8, 4) is 0 Å². The van der Waals surface area contributed by atoms with Gasteiger partial charge in [0.2, 0.25) is 11.8 Å². The van der Waals surface area contributed by atoms with Crippen molar-refractivity contribution in [3.05, 3.63) is 0 Å². The second kappa shape index (κ2) is 22.4. The van der Waals surface area contributed by atoms with Crippen molar-refractivity contribution in [2.24, 2.45) is 92.7 Å². The van der Waals surface area contributed by atoms with Gasteiger partial charge in [-0.3, -0.25) is 28.3 Å². The number of carbonyl (C=O) groups excluding carboxylic acids is 4. The van der Waals surface area contributed by atoms with Crippen molar-refractivity contribution >= 4 is 44.0 Å². The highest BCUT2D eigenvalue weighted by Crippen LogP contribution is 2.70. The highest BCUT2D eigenvalue weighted by Gasteiger charge is 2.65. The summed E-state index contributed by atoms with van der Waals surface area (Å²) in [6.45, 7) is 13.9. The maximum atomic E-state index is 13.3. The number of ether oxygens (including phenoxy) is 2. The molecule has 8 saturated carbocycles. The summed E-state index contributed by atoms with van der Waals surface area (Å²) in [7, 11) is -8.26. The fourth-order valence-corrected chi connectivity index (χ4v) is 19.9. The Morgan fingerprint density at radius 1 is 0.514 bits per heavy atom. The maximum Gasteiger partial charge on any atom is 0.306 e. The summed E-state index contributed by atoms with van der Waals surface area (Å²) >= 11 is 0. The Morgan fingerprint density at radius 3 is 1.23 bits per heavy atom. The molecule has 20 atom stereocenters. The van der Waals surface area contributed by atoms with E-state index in [1.54, 1.807) is 0 Å². The van der Waals surface area contributed by atoms with Crippen molar-refractivity contribution in [3.63, 3.8) is 0 Å². The highest BCUT2D eigenvalue weighted by molar-refractivity contribution is 7.86. The Morgan fingerprint density at radius 2 is 0.865 bits per heavy atom. The Labute approximate surface area is 442 Å². The van der Waals surface area contributed by atoms with Gasteiger partial charge in [-0.15, -0.1) is 0 Å². The number of nitrogens with one attached hydrogen (secondary N) is 2. The lowest BCUT2D eigenvalue weighted by atomic mass is 9.43. The summed E-state index contributed by atoms with van der Waals surface area (Å²) < 4.78 is 74.4. The van der Waals surface area contributed by atoms with Gasteiger partial charge in [-0.1, -0.05) is 41.5 Å². The molecule has 0 saturated heterocycles. The highest BCUT2D eigenvalue weighted by atomic mass is 32.2. The van der Waals surface area contributed by atoms with E-state index in [0.29, 0.717) is 98.7 Å². The fraction of sp³-hybridized carbons (Fsp3) is 0.929. The van der Waals surface area contributed by atoms with Crippen LogP contribution in [-0.2, 0) is 48.9 Å². The van der Waals surface area contributed by atoms with Gasteiger partial charge < -0.3 is 30.3 Å². The molecule has 0 radical (unpaired) electrons. The molecule has 0 aromatic rings. The zero-order chi connectivity index (χ0) is 53.8. The first-order valence-electron chi connectivity index (χ1n) is 28.8. The van der Waals surface area contributed by atoms with Gasteiger partial charge in [0.1, 0.15) is 12.2 Å². The van der Waals surface area contributed by atoms with Crippen LogP contribution in [0.25, 0.3) is 0 Å². The van der Waals surface area contributed by atoms with Crippen molar-refractivity contribution in [2.75, 3.05) is 24.6 Å². The SMILES string of the molecule is C[C@H](CCC(=O)NCCS(=O)(=O)O)[C@H]1CC[C@@H]2C3[C@@H](CC[C@@]21C)[C@@]1(C)CC[C@H](OC(=O)CCC(=O)O[C@H]2CC[C@@]4(C)C(C2)C[C@H](O)C2[C@H]5CC[C@H]([C@H](C)CCC(=O)NCCS(=O)(=O)O)[C@@]5(C)CC[C@H]24)CC1C[C@@H]3O. The van der Waals surface area contributed by atoms with E-state index in [9.17, 15) is 46.2 Å². The van der Waals surface area contributed by atoms with Gasteiger partial charge in [-0.2, -0.15) is 16.8 Å². The molecule has 0 bridgehead atoms. The number of amides is 2. The third-order valence-electron chi connectivity index (χ3n) is 22.9. The molecule has 2 amide bonds. The van der Waals surface area contributed by atoms with Gasteiger partial charge in [-0.25, -0.2) is 0 Å². The van der Waals surface area contributed by atoms with E-state index in [4.69, 9.17) is 18.6 Å². The van der Waals surface area contributed by atoms with Crippen LogP contribution in [-0.4, -0.2) is 109 Å². The number of hydrogen-bond donors (Lipinski definition) is 6. The topological polar surface area (TPSA) is 260 Å². The van der Waals surface area contributed by atoms with E-state index >= 15 is 0 Å². The molecular formula is C56H92N2O14S2. The number of esters is 2. The number of aliphatic hydroxyl groups excluding tert-OH is 2. The maximum absolute atomic E-state index is 13.3. The van der Waals surface area contributed by atoms with Crippen molar-refractivity contribution in [2.45, 2.75) is 207 Å². The van der Waals surface area contributed by atoms with Gasteiger partial charge in [0.05, 0.1) is 36.6 Å². The number of aliphatic hydroxyl groups is 2. The number of hydrogen-bond acceptors (Lipinski definition) is 12. The molecule has 8 aliphatic carbocycles. The van der Waals surface area contributed by atoms with Crippen LogP contribution in [0.1, 0.15) is 183 Å². The average molecular weight is 1080 g/mol. The third-order valence-corrected chi connectivity index (χ3v) is 24.4. The van der Waals surface area contributed by atoms with Crippen LogP contribution in [0.5, 0.6) is 0 Å². The zero-order valence-electron chi connectivity index (χ0n) is 45.3. The number of rotatable bonds is 19. The molecule has 4 unspecified atom stereocenters. The van der Waals surface area contributed by atoms with E-state index in [1.165, 1.54) is 0 Å². The summed E-state index contributed by atoms with van der Waals surface area (Å²) in [5.74, 6) is 1.67. The summed E-state index contributed by atoms with van der Waals surface area (Å²) in [5.41, 5.74) is 0.193. The predicted octanol–water partition coefficient (Wildman–Crippen LogP) is 7.69. The molecule has 16 nitrogen and oxygen atoms in total. The summed E-state index contributed by atoms with van der Waals surface area (Å²) in [4.78, 5) is 51.7. The standard InChI is InChI=1S/C56H92N2O14S2/c1-33(7-13-47(61)57-25-27-73(65,66)67)39-9-11-41-51-43(19-23-55(39,41)5)53(3)21-17-37(29-35(53)31-45(51)59)71-49(63)15-16-50(64)72-38-18-22-54(4)36(30-38)32-46(60)52-42-12-10-40(56(42,6)24-20-44(52)54)34(2)8-14-48(62)58-26-28-74(68,69)70/h33-46,51-52,59-60H,7-32H2,1-6H3,(H,57,61)(H,58,62)(H,65,66,67)(H,68,69,70)/t33-,34-,35?,36?,37+,38+,39-,40-,41-,42-,43-,44-,45+,46+,51?,52?,53+,54+,55-,56-/m1/s1. The van der Waals surface area contributed by atoms with E-state index in [0.717, 1.165) is 77.0 Å². The van der Waals surface area contributed by atoms with Gasteiger partial charge in [0.15, 0.2) is 0 Å². The first-order chi connectivity index (χ1) is 34.6. The average Bonchev–Trinajstić information content (AvgIpc) is 3.86. The lowest BCUT2D eigenvalue weighted by molar-refractivity contribution is -0.185. The second-order valence-corrected chi connectivity index (χ2v) is 29.8. The monoisotopic (exact) mass is 1080 g/mol. The molecule has 6 N–H and O–H groups in total. The van der Waals surface area contributed by atoms with Crippen LogP contribution in [0.3, 0.4) is 0 Å². The van der Waals surface area contributed by atoms with Crippen LogP contribution in [0.2, 0.25) is 0 Å². The Bertz CT molecular complexity index is 2130. The van der Waals surface area contributed by atoms with Gasteiger partial charge >= 0.3 is 11.9 Å². The minimum atomic E-state index is -4.13. The first-order valence-corrected chi connectivity index (χ1v) is 32.1. The van der Waals surface area contributed by atoms with Crippen LogP contribution in [0.15, 0.2) is 0 Å². The van der Waals surface area contributed by atoms with E-state index in [2.05, 4.69) is 52.2 Å². The van der Waals surface area contributed by atoms with E-state index in [1.807, 2.05) is 0 Å². The fourth-order valence-electron chi connectivity index (χ4n) is 19.2. The zero-order valence-corrected chi connectivity index (χ0v) is 46.9. The predicted molar refractivity (Wildman–Crippen MR) is 278 cm³/mol. The largest absolute Gasteiger partial charge is 0.462 e. The molecule has 8 aliphatic rings. The summed E-state index contributed by atoms with van der Waals surface area (Å²) in [6, 6.07) is 0. The van der Waals surface area contributed by atoms with Gasteiger partial charge in [0, 0.05) is 25.9 Å². The van der Waals surface area contributed by atoms with Crippen LogP contribution < -0.4 is 10.6 Å². The number of carbonyl (C=O) groups is 4. The number of fused-ring (bicyclic) bond motifs is 10. The van der Waals surface area contributed by atoms with Crippen LogP contribution in [0.4, 0.5) is 0 Å². The molecule has 0 spiro atoms. The Kier molecular flexibility index (Phi) is 17.5.